The summed E-state index contributed by atoms with van der Waals surface area (Å²) < 4.78 is 5.48. The molecule has 1 N–H and O–H groups in total. The van der Waals surface area contributed by atoms with Crippen LogP contribution >= 0.6 is 0 Å². The SMILES string of the molecule is CCCNCc1cc(CN2CCCC(C(C)C)CC2)on1. The first-order valence-electron chi connectivity index (χ1n) is 8.56. The normalized spacial score (nSPS) is 20.9. The van der Waals surface area contributed by atoms with E-state index in [0.717, 1.165) is 49.3 Å². The van der Waals surface area contributed by atoms with Crippen LogP contribution in [0.5, 0.6) is 0 Å². The van der Waals surface area contributed by atoms with Crippen molar-refractivity contribution in [3.05, 3.63) is 17.5 Å². The van der Waals surface area contributed by atoms with Gasteiger partial charge in [-0.25, -0.2) is 0 Å². The number of hydrogen-bond acceptors (Lipinski definition) is 4. The molecule has 0 aliphatic carbocycles. The van der Waals surface area contributed by atoms with Gasteiger partial charge in [0.1, 0.15) is 0 Å². The quantitative estimate of drug-likeness (QED) is 0.782. The molecule has 2 heterocycles. The highest BCUT2D eigenvalue weighted by Gasteiger charge is 2.20. The molecule has 0 radical (unpaired) electrons. The van der Waals surface area contributed by atoms with Crippen molar-refractivity contribution in [3.8, 4) is 0 Å². The summed E-state index contributed by atoms with van der Waals surface area (Å²) in [5.74, 6) is 2.70. The lowest BCUT2D eigenvalue weighted by molar-refractivity contribution is 0.232. The van der Waals surface area contributed by atoms with Gasteiger partial charge in [-0.1, -0.05) is 25.9 Å². The number of nitrogens with one attached hydrogen (secondary N) is 1. The third-order valence-corrected chi connectivity index (χ3v) is 4.53. The van der Waals surface area contributed by atoms with Gasteiger partial charge >= 0.3 is 0 Å². The van der Waals surface area contributed by atoms with Crippen molar-refractivity contribution >= 4 is 0 Å². The van der Waals surface area contributed by atoms with Gasteiger partial charge in [0, 0.05) is 12.6 Å². The molecule has 1 fully saturated rings. The second kappa shape index (κ2) is 8.54. The topological polar surface area (TPSA) is 41.3 Å². The van der Waals surface area contributed by atoms with E-state index in [4.69, 9.17) is 4.52 Å². The lowest BCUT2D eigenvalue weighted by atomic mass is 9.89. The van der Waals surface area contributed by atoms with Crippen molar-refractivity contribution in [1.82, 2.24) is 15.4 Å². The Morgan fingerprint density at radius 2 is 2.24 bits per heavy atom. The van der Waals surface area contributed by atoms with Gasteiger partial charge in [0.25, 0.3) is 0 Å². The molecule has 1 saturated heterocycles. The molecule has 1 unspecified atom stereocenters. The van der Waals surface area contributed by atoms with Crippen LogP contribution in [-0.2, 0) is 13.1 Å². The average Bonchev–Trinajstić information content (AvgIpc) is 2.76. The Hall–Kier alpha value is -0.870. The van der Waals surface area contributed by atoms with Gasteiger partial charge in [0.15, 0.2) is 5.76 Å². The van der Waals surface area contributed by atoms with E-state index in [0.29, 0.717) is 0 Å². The molecule has 1 atom stereocenters. The molecule has 1 aliphatic heterocycles. The van der Waals surface area contributed by atoms with Gasteiger partial charge < -0.3 is 9.84 Å². The van der Waals surface area contributed by atoms with Crippen LogP contribution in [0.15, 0.2) is 10.6 Å². The van der Waals surface area contributed by atoms with Crippen molar-refractivity contribution in [2.45, 2.75) is 59.5 Å². The fraction of sp³-hybridized carbons (Fsp3) is 0.824. The molecule has 21 heavy (non-hydrogen) atoms. The van der Waals surface area contributed by atoms with Crippen LogP contribution < -0.4 is 5.32 Å². The van der Waals surface area contributed by atoms with E-state index in [9.17, 15) is 0 Å². The number of likely N-dealkylation sites (tertiary alicyclic amines) is 1. The van der Waals surface area contributed by atoms with Crippen LogP contribution in [0, 0.1) is 11.8 Å². The molecule has 0 saturated carbocycles. The van der Waals surface area contributed by atoms with Crippen molar-refractivity contribution in [2.24, 2.45) is 11.8 Å². The summed E-state index contributed by atoms with van der Waals surface area (Å²) >= 11 is 0. The Morgan fingerprint density at radius 3 is 3.00 bits per heavy atom. The molecule has 0 bridgehead atoms. The summed E-state index contributed by atoms with van der Waals surface area (Å²) in [5, 5.41) is 7.52. The summed E-state index contributed by atoms with van der Waals surface area (Å²) in [6.45, 7) is 12.0. The van der Waals surface area contributed by atoms with Crippen molar-refractivity contribution < 1.29 is 4.52 Å². The first-order valence-corrected chi connectivity index (χ1v) is 8.56. The van der Waals surface area contributed by atoms with E-state index < -0.39 is 0 Å². The average molecular weight is 293 g/mol. The zero-order chi connectivity index (χ0) is 15.1. The monoisotopic (exact) mass is 293 g/mol. The molecule has 0 spiro atoms. The first kappa shape index (κ1) is 16.5. The van der Waals surface area contributed by atoms with Gasteiger partial charge in [-0.2, -0.15) is 0 Å². The van der Waals surface area contributed by atoms with Gasteiger partial charge in [-0.05, 0) is 57.2 Å². The highest BCUT2D eigenvalue weighted by atomic mass is 16.5. The smallest absolute Gasteiger partial charge is 0.151 e. The molecule has 0 aromatic carbocycles. The molecular formula is C17H31N3O. The number of aromatic nitrogens is 1. The van der Waals surface area contributed by atoms with Crippen LogP contribution in [0.2, 0.25) is 0 Å². The van der Waals surface area contributed by atoms with Crippen LogP contribution in [0.3, 0.4) is 0 Å². The third kappa shape index (κ3) is 5.44. The molecule has 120 valence electrons. The summed E-state index contributed by atoms with van der Waals surface area (Å²) in [5.41, 5.74) is 1.02. The summed E-state index contributed by atoms with van der Waals surface area (Å²) in [6, 6.07) is 2.10. The Morgan fingerprint density at radius 1 is 1.38 bits per heavy atom. The number of nitrogens with zero attached hydrogens (tertiary/aromatic N) is 2. The molecule has 1 aromatic rings. The van der Waals surface area contributed by atoms with Crippen LogP contribution in [0.4, 0.5) is 0 Å². The van der Waals surface area contributed by atoms with E-state index in [1.807, 2.05) is 0 Å². The van der Waals surface area contributed by atoms with Gasteiger partial charge in [0.05, 0.1) is 12.2 Å². The molecule has 4 nitrogen and oxygen atoms in total. The molecule has 4 heteroatoms. The molecule has 0 amide bonds. The second-order valence-corrected chi connectivity index (χ2v) is 6.67. The predicted octanol–water partition coefficient (Wildman–Crippen LogP) is 3.43. The van der Waals surface area contributed by atoms with Crippen molar-refractivity contribution in [1.29, 1.82) is 0 Å². The number of rotatable bonds is 7. The van der Waals surface area contributed by atoms with Crippen LogP contribution in [0.1, 0.15) is 57.9 Å². The highest BCUT2D eigenvalue weighted by molar-refractivity contribution is 5.05. The highest BCUT2D eigenvalue weighted by Crippen LogP contribution is 2.25. The Labute approximate surface area is 129 Å². The third-order valence-electron chi connectivity index (χ3n) is 4.53. The zero-order valence-electron chi connectivity index (χ0n) is 13.9. The Kier molecular flexibility index (Phi) is 6.71. The lowest BCUT2D eigenvalue weighted by Gasteiger charge is -2.20. The first-order chi connectivity index (χ1) is 10.2. The Bertz CT molecular complexity index is 402. The second-order valence-electron chi connectivity index (χ2n) is 6.67. The van der Waals surface area contributed by atoms with Gasteiger partial charge in [0.2, 0.25) is 0 Å². The zero-order valence-corrected chi connectivity index (χ0v) is 13.9. The maximum atomic E-state index is 5.48. The minimum Gasteiger partial charge on any atom is -0.360 e. The van der Waals surface area contributed by atoms with Crippen molar-refractivity contribution in [2.75, 3.05) is 19.6 Å². The summed E-state index contributed by atoms with van der Waals surface area (Å²) in [4.78, 5) is 2.52. The van der Waals surface area contributed by atoms with E-state index in [1.165, 1.54) is 32.4 Å². The maximum absolute atomic E-state index is 5.48. The van der Waals surface area contributed by atoms with E-state index in [-0.39, 0.29) is 0 Å². The van der Waals surface area contributed by atoms with Gasteiger partial charge in [-0.3, -0.25) is 4.90 Å². The fourth-order valence-electron chi connectivity index (χ4n) is 3.13. The number of hydrogen-bond donors (Lipinski definition) is 1. The predicted molar refractivity (Wildman–Crippen MR) is 86.0 cm³/mol. The van der Waals surface area contributed by atoms with Gasteiger partial charge in [-0.15, -0.1) is 0 Å². The van der Waals surface area contributed by atoms with E-state index in [1.54, 1.807) is 0 Å². The standard InChI is InChI=1S/C17H31N3O/c1-4-8-18-12-16-11-17(21-19-16)13-20-9-5-6-15(7-10-20)14(2)3/h11,14-15,18H,4-10,12-13H2,1-3H3. The largest absolute Gasteiger partial charge is 0.360 e. The minimum atomic E-state index is 0.812. The summed E-state index contributed by atoms with van der Waals surface area (Å²) in [6.07, 6.45) is 5.14. The molecule has 2 rings (SSSR count). The lowest BCUT2D eigenvalue weighted by Crippen LogP contribution is -2.24. The summed E-state index contributed by atoms with van der Waals surface area (Å²) in [7, 11) is 0. The Balaban J connectivity index is 1.79. The maximum Gasteiger partial charge on any atom is 0.151 e. The molecule has 1 aromatic heterocycles. The van der Waals surface area contributed by atoms with E-state index >= 15 is 0 Å². The van der Waals surface area contributed by atoms with Crippen LogP contribution in [0.25, 0.3) is 0 Å². The minimum absolute atomic E-state index is 0.812. The molecule has 1 aliphatic rings. The fourth-order valence-corrected chi connectivity index (χ4v) is 3.13. The van der Waals surface area contributed by atoms with E-state index in [2.05, 4.69) is 42.2 Å². The molecular weight excluding hydrogens is 262 g/mol. The van der Waals surface area contributed by atoms with Crippen LogP contribution in [-0.4, -0.2) is 29.7 Å². The van der Waals surface area contributed by atoms with Crippen molar-refractivity contribution in [3.63, 3.8) is 0 Å².